The van der Waals surface area contributed by atoms with Crippen LogP contribution in [0.5, 0.6) is 0 Å². The van der Waals surface area contributed by atoms with Gasteiger partial charge in [-0.25, -0.2) is 9.78 Å². The molecule has 0 spiro atoms. The predicted molar refractivity (Wildman–Crippen MR) is 72.3 cm³/mol. The Balaban J connectivity index is 2.07. The fourth-order valence-corrected chi connectivity index (χ4v) is 2.69. The van der Waals surface area contributed by atoms with Gasteiger partial charge in [0.25, 0.3) is 0 Å². The van der Waals surface area contributed by atoms with Crippen LogP contribution >= 0.6 is 0 Å². The van der Waals surface area contributed by atoms with Crippen LogP contribution < -0.4 is 5.32 Å². The average molecular weight is 264 g/mol. The maximum atomic E-state index is 11.1. The summed E-state index contributed by atoms with van der Waals surface area (Å²) in [5.74, 6) is -1.04. The molecule has 0 atom stereocenters. The summed E-state index contributed by atoms with van der Waals surface area (Å²) in [5, 5.41) is 21.9. The SMILES string of the molecule is O=C(O)c1ncccc1NCC1(CO)CCCCC1. The lowest BCUT2D eigenvalue weighted by Gasteiger charge is -2.36. The largest absolute Gasteiger partial charge is 0.476 e. The van der Waals surface area contributed by atoms with Gasteiger partial charge >= 0.3 is 5.97 Å². The van der Waals surface area contributed by atoms with E-state index < -0.39 is 5.97 Å². The van der Waals surface area contributed by atoms with Crippen molar-refractivity contribution in [2.45, 2.75) is 32.1 Å². The summed E-state index contributed by atoms with van der Waals surface area (Å²) in [6.07, 6.45) is 6.91. The number of nitrogens with zero attached hydrogens (tertiary/aromatic N) is 1. The molecule has 0 aromatic carbocycles. The lowest BCUT2D eigenvalue weighted by atomic mass is 9.74. The molecule has 0 amide bonds. The molecule has 3 N–H and O–H groups in total. The van der Waals surface area contributed by atoms with Crippen molar-refractivity contribution in [1.29, 1.82) is 0 Å². The van der Waals surface area contributed by atoms with E-state index in [-0.39, 0.29) is 17.7 Å². The third-order valence-corrected chi connectivity index (χ3v) is 3.91. The molecule has 0 saturated heterocycles. The van der Waals surface area contributed by atoms with Crippen molar-refractivity contribution in [3.63, 3.8) is 0 Å². The molecule has 0 bridgehead atoms. The van der Waals surface area contributed by atoms with Gasteiger partial charge in [-0.15, -0.1) is 0 Å². The van der Waals surface area contributed by atoms with Crippen molar-refractivity contribution in [2.75, 3.05) is 18.5 Å². The van der Waals surface area contributed by atoms with E-state index in [1.807, 2.05) is 0 Å². The number of hydrogen-bond donors (Lipinski definition) is 3. The van der Waals surface area contributed by atoms with Crippen LogP contribution in [0, 0.1) is 5.41 Å². The van der Waals surface area contributed by atoms with Crippen molar-refractivity contribution < 1.29 is 15.0 Å². The van der Waals surface area contributed by atoms with E-state index >= 15 is 0 Å². The Bertz CT molecular complexity index is 442. The van der Waals surface area contributed by atoms with E-state index in [1.54, 1.807) is 12.1 Å². The summed E-state index contributed by atoms with van der Waals surface area (Å²) in [6.45, 7) is 0.734. The summed E-state index contributed by atoms with van der Waals surface area (Å²) >= 11 is 0. The summed E-state index contributed by atoms with van der Waals surface area (Å²) in [6, 6.07) is 3.42. The normalized spacial score (nSPS) is 17.9. The number of carbonyl (C=O) groups is 1. The lowest BCUT2D eigenvalue weighted by Crippen LogP contribution is -2.35. The van der Waals surface area contributed by atoms with Crippen LogP contribution in [-0.4, -0.2) is 34.3 Å². The van der Waals surface area contributed by atoms with E-state index in [4.69, 9.17) is 5.11 Å². The van der Waals surface area contributed by atoms with Crippen molar-refractivity contribution in [2.24, 2.45) is 5.41 Å². The van der Waals surface area contributed by atoms with Crippen LogP contribution in [0.3, 0.4) is 0 Å². The fraction of sp³-hybridized carbons (Fsp3) is 0.571. The van der Waals surface area contributed by atoms with Gasteiger partial charge in [0.15, 0.2) is 5.69 Å². The average Bonchev–Trinajstić information content (AvgIpc) is 2.46. The van der Waals surface area contributed by atoms with Gasteiger partial charge in [-0.3, -0.25) is 0 Å². The molecule has 2 rings (SSSR count). The second kappa shape index (κ2) is 6.02. The van der Waals surface area contributed by atoms with Gasteiger partial charge in [-0.05, 0) is 25.0 Å². The number of aliphatic hydroxyl groups excluding tert-OH is 1. The van der Waals surface area contributed by atoms with E-state index in [9.17, 15) is 9.90 Å². The molecule has 104 valence electrons. The van der Waals surface area contributed by atoms with Crippen molar-refractivity contribution in [1.82, 2.24) is 4.98 Å². The highest BCUT2D eigenvalue weighted by molar-refractivity contribution is 5.91. The molecule has 5 nitrogen and oxygen atoms in total. The van der Waals surface area contributed by atoms with E-state index in [0.29, 0.717) is 12.2 Å². The molecule has 5 heteroatoms. The quantitative estimate of drug-likeness (QED) is 0.759. The third-order valence-electron chi connectivity index (χ3n) is 3.91. The first-order valence-corrected chi connectivity index (χ1v) is 6.70. The summed E-state index contributed by atoms with van der Waals surface area (Å²) in [4.78, 5) is 14.9. The highest BCUT2D eigenvalue weighted by Crippen LogP contribution is 2.36. The van der Waals surface area contributed by atoms with Crippen molar-refractivity contribution in [3.05, 3.63) is 24.0 Å². The smallest absolute Gasteiger partial charge is 0.356 e. The van der Waals surface area contributed by atoms with Crippen LogP contribution in [0.25, 0.3) is 0 Å². The van der Waals surface area contributed by atoms with Crippen LogP contribution in [0.4, 0.5) is 5.69 Å². The first kappa shape index (κ1) is 13.8. The van der Waals surface area contributed by atoms with Crippen LogP contribution in [0.1, 0.15) is 42.6 Å². The molecule has 0 aliphatic heterocycles. The number of aromatic carboxylic acids is 1. The number of nitrogens with one attached hydrogen (secondary N) is 1. The number of aliphatic hydroxyl groups is 1. The Hall–Kier alpha value is -1.62. The number of aromatic nitrogens is 1. The van der Waals surface area contributed by atoms with Crippen LogP contribution in [0.15, 0.2) is 18.3 Å². The third kappa shape index (κ3) is 3.23. The first-order valence-electron chi connectivity index (χ1n) is 6.70. The Morgan fingerprint density at radius 2 is 2.11 bits per heavy atom. The molecule has 1 aromatic rings. The zero-order chi connectivity index (χ0) is 13.7. The minimum atomic E-state index is -1.04. The summed E-state index contributed by atoms with van der Waals surface area (Å²) < 4.78 is 0. The van der Waals surface area contributed by atoms with E-state index in [1.165, 1.54) is 12.6 Å². The lowest BCUT2D eigenvalue weighted by molar-refractivity contribution is 0.0691. The zero-order valence-electron chi connectivity index (χ0n) is 10.9. The molecule has 1 aromatic heterocycles. The molecule has 1 aliphatic carbocycles. The molecular weight excluding hydrogens is 244 g/mol. The Morgan fingerprint density at radius 3 is 2.74 bits per heavy atom. The molecule has 1 aliphatic rings. The fourth-order valence-electron chi connectivity index (χ4n) is 2.69. The monoisotopic (exact) mass is 264 g/mol. The number of carboxylic acids is 1. The molecule has 1 saturated carbocycles. The molecule has 1 heterocycles. The minimum absolute atomic E-state index is 0.0337. The highest BCUT2D eigenvalue weighted by atomic mass is 16.4. The summed E-state index contributed by atoms with van der Waals surface area (Å²) in [7, 11) is 0. The maximum Gasteiger partial charge on any atom is 0.356 e. The number of carboxylic acid groups (broad SMARTS) is 1. The van der Waals surface area contributed by atoms with Crippen LogP contribution in [0.2, 0.25) is 0 Å². The highest BCUT2D eigenvalue weighted by Gasteiger charge is 2.31. The Kier molecular flexibility index (Phi) is 4.37. The van der Waals surface area contributed by atoms with Gasteiger partial charge in [0.2, 0.25) is 0 Å². The first-order chi connectivity index (χ1) is 9.17. The molecular formula is C14H20N2O3. The topological polar surface area (TPSA) is 82.5 Å². The Labute approximate surface area is 112 Å². The second-order valence-corrected chi connectivity index (χ2v) is 5.28. The van der Waals surface area contributed by atoms with Gasteiger partial charge < -0.3 is 15.5 Å². The van der Waals surface area contributed by atoms with Gasteiger partial charge in [0.05, 0.1) is 12.3 Å². The number of hydrogen-bond acceptors (Lipinski definition) is 4. The molecule has 19 heavy (non-hydrogen) atoms. The Morgan fingerprint density at radius 1 is 1.37 bits per heavy atom. The van der Waals surface area contributed by atoms with Gasteiger partial charge in [0, 0.05) is 18.2 Å². The van der Waals surface area contributed by atoms with Crippen LogP contribution in [-0.2, 0) is 0 Å². The molecule has 1 fully saturated rings. The van der Waals surface area contributed by atoms with Gasteiger partial charge in [-0.1, -0.05) is 19.3 Å². The number of rotatable bonds is 5. The second-order valence-electron chi connectivity index (χ2n) is 5.28. The minimum Gasteiger partial charge on any atom is -0.476 e. The summed E-state index contributed by atoms with van der Waals surface area (Å²) in [5.41, 5.74) is 0.434. The number of pyridine rings is 1. The molecule has 0 radical (unpaired) electrons. The van der Waals surface area contributed by atoms with Crippen molar-refractivity contribution in [3.8, 4) is 0 Å². The van der Waals surface area contributed by atoms with E-state index in [0.717, 1.165) is 25.7 Å². The predicted octanol–water partition coefficient (Wildman–Crippen LogP) is 2.13. The van der Waals surface area contributed by atoms with Gasteiger partial charge in [-0.2, -0.15) is 0 Å². The zero-order valence-corrected chi connectivity index (χ0v) is 10.9. The van der Waals surface area contributed by atoms with Crippen molar-refractivity contribution >= 4 is 11.7 Å². The number of anilines is 1. The standard InChI is InChI=1S/C14H20N2O3/c17-10-14(6-2-1-3-7-14)9-16-11-5-4-8-15-12(11)13(18)19/h4-5,8,16-17H,1-3,6-7,9-10H2,(H,18,19). The molecule has 0 unspecified atom stereocenters. The van der Waals surface area contributed by atoms with E-state index in [2.05, 4.69) is 10.3 Å². The maximum absolute atomic E-state index is 11.1. The van der Waals surface area contributed by atoms with Gasteiger partial charge in [0.1, 0.15) is 0 Å².